The number of aromatic carboxylic acids is 1. The minimum atomic E-state index is -0.963. The van der Waals surface area contributed by atoms with E-state index in [1.54, 1.807) is 22.8 Å². The zero-order valence-corrected chi connectivity index (χ0v) is 10.2. The number of rotatable bonds is 2. The normalized spacial score (nSPS) is 10.8. The van der Waals surface area contributed by atoms with Crippen LogP contribution in [0.15, 0.2) is 42.7 Å². The van der Waals surface area contributed by atoms with Gasteiger partial charge in [0.15, 0.2) is 0 Å². The first-order valence-corrected chi connectivity index (χ1v) is 5.80. The molecule has 0 unspecified atom stereocenters. The summed E-state index contributed by atoms with van der Waals surface area (Å²) in [4.78, 5) is 15.2. The SMILES string of the molecule is Cc1c(-c2ccccn2)nn2cc(C(=O)O)ccc12. The maximum atomic E-state index is 11.0. The predicted molar refractivity (Wildman–Crippen MR) is 70.1 cm³/mol. The van der Waals surface area contributed by atoms with Gasteiger partial charge in [-0.2, -0.15) is 5.10 Å². The minimum absolute atomic E-state index is 0.211. The van der Waals surface area contributed by atoms with Crippen LogP contribution >= 0.6 is 0 Å². The molecule has 3 heterocycles. The molecule has 0 aliphatic carbocycles. The van der Waals surface area contributed by atoms with Gasteiger partial charge in [0.1, 0.15) is 5.69 Å². The number of hydrogen-bond donors (Lipinski definition) is 1. The van der Waals surface area contributed by atoms with Gasteiger partial charge in [-0.1, -0.05) is 6.07 Å². The van der Waals surface area contributed by atoms with E-state index in [2.05, 4.69) is 10.1 Å². The van der Waals surface area contributed by atoms with Gasteiger partial charge in [-0.3, -0.25) is 4.98 Å². The maximum absolute atomic E-state index is 11.0. The third-order valence-electron chi connectivity index (χ3n) is 3.03. The van der Waals surface area contributed by atoms with Crippen molar-refractivity contribution in [2.75, 3.05) is 0 Å². The number of carbonyl (C=O) groups is 1. The average Bonchev–Trinajstić information content (AvgIpc) is 2.76. The molecule has 0 radical (unpaired) electrons. The van der Waals surface area contributed by atoms with Gasteiger partial charge in [0, 0.05) is 18.0 Å². The first kappa shape index (κ1) is 11.4. The van der Waals surface area contributed by atoms with Gasteiger partial charge in [-0.25, -0.2) is 9.31 Å². The van der Waals surface area contributed by atoms with Crippen LogP contribution in [0.1, 0.15) is 15.9 Å². The quantitative estimate of drug-likeness (QED) is 0.761. The van der Waals surface area contributed by atoms with Crippen molar-refractivity contribution in [2.45, 2.75) is 6.92 Å². The van der Waals surface area contributed by atoms with Crippen LogP contribution in [-0.4, -0.2) is 25.7 Å². The second-order valence-corrected chi connectivity index (χ2v) is 4.24. The summed E-state index contributed by atoms with van der Waals surface area (Å²) in [6.07, 6.45) is 3.22. The molecule has 5 nitrogen and oxygen atoms in total. The van der Waals surface area contributed by atoms with Gasteiger partial charge in [0.2, 0.25) is 0 Å². The summed E-state index contributed by atoms with van der Waals surface area (Å²) in [6.45, 7) is 1.95. The van der Waals surface area contributed by atoms with Gasteiger partial charge < -0.3 is 5.11 Å². The number of pyridine rings is 2. The molecule has 0 aliphatic heterocycles. The predicted octanol–water partition coefficient (Wildman–Crippen LogP) is 2.40. The van der Waals surface area contributed by atoms with E-state index >= 15 is 0 Å². The van der Waals surface area contributed by atoms with E-state index in [9.17, 15) is 4.79 Å². The Bertz CT molecular complexity index is 763. The van der Waals surface area contributed by atoms with Crippen molar-refractivity contribution in [3.8, 4) is 11.4 Å². The fourth-order valence-electron chi connectivity index (χ4n) is 2.05. The molecule has 0 saturated heterocycles. The number of fused-ring (bicyclic) bond motifs is 1. The molecule has 0 bridgehead atoms. The fraction of sp³-hybridized carbons (Fsp3) is 0.0714. The van der Waals surface area contributed by atoms with E-state index in [0.29, 0.717) is 0 Å². The third-order valence-corrected chi connectivity index (χ3v) is 3.03. The zero-order valence-electron chi connectivity index (χ0n) is 10.2. The molecule has 1 N–H and O–H groups in total. The highest BCUT2D eigenvalue weighted by Gasteiger charge is 2.13. The van der Waals surface area contributed by atoms with E-state index in [4.69, 9.17) is 5.11 Å². The van der Waals surface area contributed by atoms with Crippen LogP contribution < -0.4 is 0 Å². The second-order valence-electron chi connectivity index (χ2n) is 4.24. The van der Waals surface area contributed by atoms with Crippen LogP contribution in [0, 0.1) is 6.92 Å². The Morgan fingerprint density at radius 2 is 2.11 bits per heavy atom. The Hall–Kier alpha value is -2.69. The standard InChI is InChI=1S/C14H11N3O2/c1-9-12-6-5-10(14(18)19)8-17(12)16-13(9)11-4-2-3-7-15-11/h2-8H,1H3,(H,18,19). The van der Waals surface area contributed by atoms with Crippen LogP contribution in [0.4, 0.5) is 0 Å². The van der Waals surface area contributed by atoms with Crippen LogP contribution in [0.25, 0.3) is 16.9 Å². The molecule has 3 aromatic heterocycles. The molecule has 94 valence electrons. The molecule has 0 amide bonds. The lowest BCUT2D eigenvalue weighted by Crippen LogP contribution is -1.99. The topological polar surface area (TPSA) is 67.5 Å². The number of hydrogen-bond acceptors (Lipinski definition) is 3. The van der Waals surface area contributed by atoms with Crippen LogP contribution in [0.3, 0.4) is 0 Å². The summed E-state index contributed by atoms with van der Waals surface area (Å²) < 4.78 is 1.59. The average molecular weight is 253 g/mol. The Balaban J connectivity index is 2.23. The molecule has 0 saturated carbocycles. The van der Waals surface area contributed by atoms with Crippen molar-refractivity contribution >= 4 is 11.5 Å². The summed E-state index contributed by atoms with van der Waals surface area (Å²) in [7, 11) is 0. The number of carboxylic acid groups (broad SMARTS) is 1. The Labute approximate surface area is 109 Å². The molecule has 0 aromatic carbocycles. The summed E-state index contributed by atoms with van der Waals surface area (Å²) in [5.74, 6) is -0.963. The third kappa shape index (κ3) is 1.85. The summed E-state index contributed by atoms with van der Waals surface area (Å²) in [5.41, 5.74) is 3.62. The van der Waals surface area contributed by atoms with Crippen molar-refractivity contribution in [3.63, 3.8) is 0 Å². The van der Waals surface area contributed by atoms with E-state index in [0.717, 1.165) is 22.5 Å². The lowest BCUT2D eigenvalue weighted by molar-refractivity contribution is 0.0696. The van der Waals surface area contributed by atoms with E-state index < -0.39 is 5.97 Å². The molecule has 5 heteroatoms. The van der Waals surface area contributed by atoms with Crippen molar-refractivity contribution in [1.29, 1.82) is 0 Å². The minimum Gasteiger partial charge on any atom is -0.478 e. The van der Waals surface area contributed by atoms with E-state index in [1.807, 2.05) is 25.1 Å². The Kier molecular flexibility index (Phi) is 2.52. The number of nitrogens with zero attached hydrogens (tertiary/aromatic N) is 3. The Morgan fingerprint density at radius 1 is 1.26 bits per heavy atom. The van der Waals surface area contributed by atoms with Crippen molar-refractivity contribution in [1.82, 2.24) is 14.6 Å². The number of aryl methyl sites for hydroxylation is 1. The van der Waals surface area contributed by atoms with E-state index in [-0.39, 0.29) is 5.56 Å². The molecule has 3 aromatic rings. The largest absolute Gasteiger partial charge is 0.478 e. The summed E-state index contributed by atoms with van der Waals surface area (Å²) in [6, 6.07) is 8.96. The first-order valence-electron chi connectivity index (χ1n) is 5.80. The van der Waals surface area contributed by atoms with E-state index in [1.165, 1.54) is 6.20 Å². The molecular weight excluding hydrogens is 242 g/mol. The van der Waals surface area contributed by atoms with Gasteiger partial charge in [-0.05, 0) is 31.2 Å². The van der Waals surface area contributed by atoms with Crippen LogP contribution in [-0.2, 0) is 0 Å². The molecule has 0 spiro atoms. The Morgan fingerprint density at radius 3 is 2.79 bits per heavy atom. The van der Waals surface area contributed by atoms with Gasteiger partial charge in [0.05, 0.1) is 16.8 Å². The number of aromatic nitrogens is 3. The van der Waals surface area contributed by atoms with Crippen molar-refractivity contribution in [2.24, 2.45) is 0 Å². The molecule has 3 rings (SSSR count). The lowest BCUT2D eigenvalue weighted by Gasteiger charge is -1.96. The van der Waals surface area contributed by atoms with Gasteiger partial charge in [-0.15, -0.1) is 0 Å². The molecule has 0 atom stereocenters. The highest BCUT2D eigenvalue weighted by molar-refractivity contribution is 5.88. The second kappa shape index (κ2) is 4.20. The molecule has 0 fully saturated rings. The van der Waals surface area contributed by atoms with Crippen molar-refractivity contribution in [3.05, 3.63) is 53.9 Å². The highest BCUT2D eigenvalue weighted by Crippen LogP contribution is 2.23. The zero-order chi connectivity index (χ0) is 13.4. The fourth-order valence-corrected chi connectivity index (χ4v) is 2.05. The van der Waals surface area contributed by atoms with Crippen molar-refractivity contribution < 1.29 is 9.90 Å². The van der Waals surface area contributed by atoms with Crippen LogP contribution in [0.2, 0.25) is 0 Å². The maximum Gasteiger partial charge on any atom is 0.337 e. The lowest BCUT2D eigenvalue weighted by atomic mass is 10.1. The van der Waals surface area contributed by atoms with Gasteiger partial charge in [0.25, 0.3) is 0 Å². The monoisotopic (exact) mass is 253 g/mol. The molecule has 19 heavy (non-hydrogen) atoms. The highest BCUT2D eigenvalue weighted by atomic mass is 16.4. The summed E-state index contributed by atoms with van der Waals surface area (Å²) in [5, 5.41) is 13.4. The summed E-state index contributed by atoms with van der Waals surface area (Å²) >= 11 is 0. The first-order chi connectivity index (χ1) is 9.16. The van der Waals surface area contributed by atoms with Crippen LogP contribution in [0.5, 0.6) is 0 Å². The molecule has 0 aliphatic rings. The number of carboxylic acids is 1. The van der Waals surface area contributed by atoms with Gasteiger partial charge >= 0.3 is 5.97 Å². The smallest absolute Gasteiger partial charge is 0.337 e. The molecular formula is C14H11N3O2.